The molecule has 0 aromatic rings. The maximum atomic E-state index is 11.7. The fraction of sp³-hybridized carbons (Fsp3) is 0.923. The van der Waals surface area contributed by atoms with Gasteiger partial charge in [0.2, 0.25) is 0 Å². The number of unbranched alkanes of at least 4 members (excludes halogenated alkanes) is 4. The van der Waals surface area contributed by atoms with E-state index in [-0.39, 0.29) is 5.97 Å². The lowest BCUT2D eigenvalue weighted by molar-refractivity contribution is -0.150. The van der Waals surface area contributed by atoms with Gasteiger partial charge in [0, 0.05) is 0 Å². The lowest BCUT2D eigenvalue weighted by atomic mass is 9.98. The van der Waals surface area contributed by atoms with Crippen molar-refractivity contribution in [2.24, 2.45) is 11.7 Å². The summed E-state index contributed by atoms with van der Waals surface area (Å²) in [5.41, 5.74) is 5.21. The molecule has 0 aliphatic heterocycles. The Morgan fingerprint density at radius 1 is 1.31 bits per heavy atom. The maximum absolute atomic E-state index is 11.7. The second-order valence-corrected chi connectivity index (χ2v) is 5.11. The fourth-order valence-corrected chi connectivity index (χ4v) is 1.88. The number of rotatable bonds is 8. The highest BCUT2D eigenvalue weighted by Crippen LogP contribution is 2.38. The van der Waals surface area contributed by atoms with Crippen molar-refractivity contribution in [2.75, 3.05) is 6.61 Å². The molecule has 94 valence electrons. The van der Waals surface area contributed by atoms with Gasteiger partial charge in [0.1, 0.15) is 5.54 Å². The minimum Gasteiger partial charge on any atom is -0.464 e. The molecule has 0 aromatic carbocycles. The van der Waals surface area contributed by atoms with Gasteiger partial charge < -0.3 is 10.5 Å². The lowest BCUT2D eigenvalue weighted by Crippen LogP contribution is -2.48. The van der Waals surface area contributed by atoms with Gasteiger partial charge in [-0.1, -0.05) is 32.6 Å². The Kier molecular flexibility index (Phi) is 5.26. The monoisotopic (exact) mass is 227 g/mol. The van der Waals surface area contributed by atoms with Crippen LogP contribution in [0.2, 0.25) is 0 Å². The molecule has 16 heavy (non-hydrogen) atoms. The summed E-state index contributed by atoms with van der Waals surface area (Å²) in [4.78, 5) is 11.7. The summed E-state index contributed by atoms with van der Waals surface area (Å²) in [7, 11) is 0. The molecular formula is C13H25NO2. The van der Waals surface area contributed by atoms with Gasteiger partial charge in [-0.05, 0) is 32.1 Å². The molecule has 0 aromatic heterocycles. The van der Waals surface area contributed by atoms with Crippen LogP contribution in [-0.4, -0.2) is 18.1 Å². The predicted molar refractivity (Wildman–Crippen MR) is 65.0 cm³/mol. The van der Waals surface area contributed by atoms with Crippen LogP contribution < -0.4 is 5.73 Å². The van der Waals surface area contributed by atoms with Crippen LogP contribution in [0.3, 0.4) is 0 Å². The summed E-state index contributed by atoms with van der Waals surface area (Å²) in [6.07, 6.45) is 7.99. The highest BCUT2D eigenvalue weighted by Gasteiger charge is 2.45. The Morgan fingerprint density at radius 2 is 1.94 bits per heavy atom. The van der Waals surface area contributed by atoms with E-state index in [0.717, 1.165) is 25.7 Å². The zero-order valence-corrected chi connectivity index (χ0v) is 10.6. The summed E-state index contributed by atoms with van der Waals surface area (Å²) < 4.78 is 5.22. The Hall–Kier alpha value is -0.570. The third-order valence-electron chi connectivity index (χ3n) is 3.35. The maximum Gasteiger partial charge on any atom is 0.326 e. The molecule has 1 aliphatic rings. The number of carbonyl (C=O) groups excluding carboxylic acids is 1. The molecule has 1 saturated carbocycles. The number of esters is 1. The van der Waals surface area contributed by atoms with E-state index in [1.165, 1.54) is 19.3 Å². The molecule has 1 atom stereocenters. The molecule has 0 bridgehead atoms. The Bertz CT molecular complexity index is 222. The third kappa shape index (κ3) is 4.12. The molecule has 3 heteroatoms. The van der Waals surface area contributed by atoms with Crippen molar-refractivity contribution in [3.05, 3.63) is 0 Å². The molecule has 0 radical (unpaired) electrons. The molecule has 0 amide bonds. The van der Waals surface area contributed by atoms with Crippen molar-refractivity contribution in [3.8, 4) is 0 Å². The first-order chi connectivity index (χ1) is 7.59. The molecule has 1 unspecified atom stereocenters. The van der Waals surface area contributed by atoms with Gasteiger partial charge in [-0.15, -0.1) is 0 Å². The van der Waals surface area contributed by atoms with E-state index in [9.17, 15) is 4.79 Å². The van der Waals surface area contributed by atoms with E-state index in [1.54, 1.807) is 6.92 Å². The molecule has 1 fully saturated rings. The molecular weight excluding hydrogens is 202 g/mol. The molecule has 2 N–H and O–H groups in total. The van der Waals surface area contributed by atoms with Crippen LogP contribution in [0.4, 0.5) is 0 Å². The quantitative estimate of drug-likeness (QED) is 0.512. The highest BCUT2D eigenvalue weighted by atomic mass is 16.5. The molecule has 3 nitrogen and oxygen atoms in total. The summed E-state index contributed by atoms with van der Waals surface area (Å²) in [5.74, 6) is 0.130. The zero-order chi connectivity index (χ0) is 12.0. The van der Waals surface area contributed by atoms with E-state index >= 15 is 0 Å². The average Bonchev–Trinajstić information content (AvgIpc) is 3.06. The Balaban J connectivity index is 2.06. The van der Waals surface area contributed by atoms with Crippen LogP contribution in [0.15, 0.2) is 0 Å². The standard InChI is InChI=1S/C13H25NO2/c1-3-4-5-6-7-10-16-12(15)13(2,14)11-8-9-11/h11H,3-10,14H2,1-2H3. The topological polar surface area (TPSA) is 52.3 Å². The van der Waals surface area contributed by atoms with Crippen molar-refractivity contribution >= 4 is 5.97 Å². The zero-order valence-electron chi connectivity index (χ0n) is 10.6. The average molecular weight is 227 g/mol. The van der Waals surface area contributed by atoms with Crippen molar-refractivity contribution in [2.45, 2.75) is 64.3 Å². The first kappa shape index (κ1) is 13.5. The number of ether oxygens (including phenoxy) is 1. The van der Waals surface area contributed by atoms with Crippen molar-refractivity contribution in [1.29, 1.82) is 0 Å². The highest BCUT2D eigenvalue weighted by molar-refractivity contribution is 5.80. The van der Waals surface area contributed by atoms with Crippen molar-refractivity contribution < 1.29 is 9.53 Å². The number of hydrogen-bond donors (Lipinski definition) is 1. The third-order valence-corrected chi connectivity index (χ3v) is 3.35. The summed E-state index contributed by atoms with van der Waals surface area (Å²) in [5, 5.41) is 0. The Labute approximate surface area is 98.7 Å². The fourth-order valence-electron chi connectivity index (χ4n) is 1.88. The second-order valence-electron chi connectivity index (χ2n) is 5.11. The van der Waals surface area contributed by atoms with Gasteiger partial charge in [-0.25, -0.2) is 0 Å². The van der Waals surface area contributed by atoms with Crippen molar-refractivity contribution in [1.82, 2.24) is 0 Å². The van der Waals surface area contributed by atoms with E-state index < -0.39 is 5.54 Å². The summed E-state index contributed by atoms with van der Waals surface area (Å²) >= 11 is 0. The van der Waals surface area contributed by atoms with E-state index in [0.29, 0.717) is 12.5 Å². The van der Waals surface area contributed by atoms with E-state index in [1.807, 2.05) is 0 Å². The van der Waals surface area contributed by atoms with Crippen molar-refractivity contribution in [3.63, 3.8) is 0 Å². The number of hydrogen-bond acceptors (Lipinski definition) is 3. The summed E-state index contributed by atoms with van der Waals surface area (Å²) in [6.45, 7) is 4.52. The van der Waals surface area contributed by atoms with Crippen LogP contribution in [0.1, 0.15) is 58.8 Å². The first-order valence-electron chi connectivity index (χ1n) is 6.55. The molecule has 1 rings (SSSR count). The number of carbonyl (C=O) groups is 1. The van der Waals surface area contributed by atoms with Gasteiger partial charge in [-0.3, -0.25) is 4.79 Å². The second kappa shape index (κ2) is 6.24. The Morgan fingerprint density at radius 3 is 2.50 bits per heavy atom. The summed E-state index contributed by atoms with van der Waals surface area (Å²) in [6, 6.07) is 0. The minimum absolute atomic E-state index is 0.217. The lowest BCUT2D eigenvalue weighted by Gasteiger charge is -2.21. The van der Waals surface area contributed by atoms with Crippen LogP contribution >= 0.6 is 0 Å². The first-order valence-corrected chi connectivity index (χ1v) is 6.55. The van der Waals surface area contributed by atoms with Crippen LogP contribution in [0, 0.1) is 5.92 Å². The number of nitrogens with two attached hydrogens (primary N) is 1. The van der Waals surface area contributed by atoms with E-state index in [4.69, 9.17) is 10.5 Å². The van der Waals surface area contributed by atoms with Gasteiger partial charge in [0.05, 0.1) is 6.61 Å². The SMILES string of the molecule is CCCCCCCOC(=O)C(C)(N)C1CC1. The smallest absolute Gasteiger partial charge is 0.326 e. The van der Waals surface area contributed by atoms with Crippen LogP contribution in [-0.2, 0) is 9.53 Å². The largest absolute Gasteiger partial charge is 0.464 e. The van der Waals surface area contributed by atoms with E-state index in [2.05, 4.69) is 6.92 Å². The molecule has 0 heterocycles. The van der Waals surface area contributed by atoms with Gasteiger partial charge in [0.15, 0.2) is 0 Å². The molecule has 1 aliphatic carbocycles. The van der Waals surface area contributed by atoms with Gasteiger partial charge >= 0.3 is 5.97 Å². The normalized spacial score (nSPS) is 19.2. The van der Waals surface area contributed by atoms with Gasteiger partial charge in [0.25, 0.3) is 0 Å². The molecule has 0 saturated heterocycles. The van der Waals surface area contributed by atoms with Crippen LogP contribution in [0.5, 0.6) is 0 Å². The van der Waals surface area contributed by atoms with Gasteiger partial charge in [-0.2, -0.15) is 0 Å². The molecule has 0 spiro atoms. The minimum atomic E-state index is -0.747. The van der Waals surface area contributed by atoms with Crippen LogP contribution in [0.25, 0.3) is 0 Å². The predicted octanol–water partition coefficient (Wildman–Crippen LogP) is 2.63.